The zero-order valence-corrected chi connectivity index (χ0v) is 10.4. The molecule has 0 aliphatic heterocycles. The van der Waals surface area contributed by atoms with Gasteiger partial charge in [-0.15, -0.1) is 0 Å². The molecule has 0 aliphatic rings. The van der Waals surface area contributed by atoms with Crippen LogP contribution in [0.1, 0.15) is 11.1 Å². The van der Waals surface area contributed by atoms with E-state index in [1.165, 1.54) is 0 Å². The van der Waals surface area contributed by atoms with E-state index in [9.17, 15) is 35.1 Å². The van der Waals surface area contributed by atoms with Crippen LogP contribution in [0.3, 0.4) is 0 Å². The fourth-order valence-electron chi connectivity index (χ4n) is 1.66. The van der Waals surface area contributed by atoms with Crippen molar-refractivity contribution in [3.05, 3.63) is 58.2 Å². The molecule has 0 spiro atoms. The van der Waals surface area contributed by atoms with Gasteiger partial charge in [0, 0.05) is 0 Å². The fraction of sp³-hybridized carbons (Fsp3) is 0. The first-order chi connectivity index (χ1) is 10.7. The van der Waals surface area contributed by atoms with E-state index in [0.29, 0.717) is 0 Å². The molecular formula is C12HF8N3. The van der Waals surface area contributed by atoms with Gasteiger partial charge in [-0.3, -0.25) is 5.41 Å². The summed E-state index contributed by atoms with van der Waals surface area (Å²) in [4.78, 5) is 4.38. The predicted molar refractivity (Wildman–Crippen MR) is 58.4 cm³/mol. The third-order valence-electron chi connectivity index (χ3n) is 2.62. The second-order valence-corrected chi connectivity index (χ2v) is 3.89. The molecule has 0 aromatic carbocycles. The number of aromatic nitrogens is 2. The van der Waals surface area contributed by atoms with Crippen molar-refractivity contribution in [1.29, 1.82) is 5.41 Å². The minimum atomic E-state index is -2.24. The van der Waals surface area contributed by atoms with E-state index in [-0.39, 0.29) is 0 Å². The summed E-state index contributed by atoms with van der Waals surface area (Å²) in [6, 6.07) is 0. The summed E-state index contributed by atoms with van der Waals surface area (Å²) >= 11 is 0. The van der Waals surface area contributed by atoms with Crippen molar-refractivity contribution in [2.24, 2.45) is 0 Å². The van der Waals surface area contributed by atoms with Crippen molar-refractivity contribution in [3.63, 3.8) is 0 Å². The lowest BCUT2D eigenvalue weighted by atomic mass is 9.99. The van der Waals surface area contributed by atoms with Crippen molar-refractivity contribution in [2.45, 2.75) is 0 Å². The highest BCUT2D eigenvalue weighted by atomic mass is 19.2. The summed E-state index contributed by atoms with van der Waals surface area (Å²) in [6.45, 7) is 0. The summed E-state index contributed by atoms with van der Waals surface area (Å²) in [7, 11) is 0. The van der Waals surface area contributed by atoms with E-state index in [0.717, 1.165) is 5.87 Å². The van der Waals surface area contributed by atoms with E-state index >= 15 is 0 Å². The molecule has 0 fully saturated rings. The smallest absolute Gasteiger partial charge is 0.252 e. The monoisotopic (exact) mass is 339 g/mol. The Morgan fingerprint density at radius 2 is 0.870 bits per heavy atom. The van der Waals surface area contributed by atoms with Gasteiger partial charge in [-0.05, 0) is 5.87 Å². The van der Waals surface area contributed by atoms with E-state index < -0.39 is 63.8 Å². The summed E-state index contributed by atoms with van der Waals surface area (Å²) in [5.41, 5.74) is -5.24. The molecule has 0 bridgehead atoms. The van der Waals surface area contributed by atoms with Crippen LogP contribution in [0.4, 0.5) is 35.1 Å². The average molecular weight is 339 g/mol. The predicted octanol–water partition coefficient (Wildman–Crippen LogP) is 3.27. The van der Waals surface area contributed by atoms with E-state index in [1.807, 2.05) is 0 Å². The van der Waals surface area contributed by atoms with Crippen LogP contribution in [-0.4, -0.2) is 15.8 Å². The van der Waals surface area contributed by atoms with Crippen molar-refractivity contribution in [3.8, 4) is 0 Å². The lowest BCUT2D eigenvalue weighted by Gasteiger charge is -2.10. The van der Waals surface area contributed by atoms with Gasteiger partial charge in [0.05, 0.1) is 16.7 Å². The Labute approximate surface area is 121 Å². The van der Waals surface area contributed by atoms with Crippen LogP contribution in [0.25, 0.3) is 5.57 Å². The van der Waals surface area contributed by atoms with Crippen LogP contribution >= 0.6 is 0 Å². The molecule has 0 aliphatic carbocycles. The maximum Gasteiger partial charge on any atom is 0.252 e. The van der Waals surface area contributed by atoms with Crippen molar-refractivity contribution < 1.29 is 35.1 Å². The van der Waals surface area contributed by atoms with Gasteiger partial charge in [0.25, 0.3) is 23.8 Å². The fourth-order valence-corrected chi connectivity index (χ4v) is 1.66. The number of rotatable bonds is 2. The van der Waals surface area contributed by atoms with Crippen LogP contribution in [0.2, 0.25) is 0 Å². The molecule has 0 saturated carbocycles. The number of hydrogen-bond donors (Lipinski definition) is 1. The third-order valence-corrected chi connectivity index (χ3v) is 2.62. The van der Waals surface area contributed by atoms with Crippen LogP contribution < -0.4 is 0 Å². The normalized spacial score (nSPS) is 10.6. The molecule has 0 saturated heterocycles. The van der Waals surface area contributed by atoms with Crippen molar-refractivity contribution in [2.75, 3.05) is 0 Å². The number of nitrogens with one attached hydrogen (secondary N) is 1. The summed E-state index contributed by atoms with van der Waals surface area (Å²) in [6.07, 6.45) is 0. The van der Waals surface area contributed by atoms with Gasteiger partial charge >= 0.3 is 0 Å². The Balaban J connectivity index is 2.93. The van der Waals surface area contributed by atoms with E-state index in [2.05, 4.69) is 9.97 Å². The molecule has 2 heterocycles. The van der Waals surface area contributed by atoms with Crippen LogP contribution in [-0.2, 0) is 0 Å². The molecule has 0 unspecified atom stereocenters. The third kappa shape index (κ3) is 2.55. The molecule has 2 aromatic rings. The summed E-state index contributed by atoms with van der Waals surface area (Å²) < 4.78 is 107. The summed E-state index contributed by atoms with van der Waals surface area (Å²) in [5.74, 6) is -16.7. The highest BCUT2D eigenvalue weighted by Crippen LogP contribution is 2.32. The number of halogens is 8. The zero-order valence-electron chi connectivity index (χ0n) is 10.4. The van der Waals surface area contributed by atoms with Crippen LogP contribution in [0.15, 0.2) is 0 Å². The standard InChI is InChI=1S/C12HF8N3/c13-5-3(6(14)10(18)22-9(5)17)2(1-21)4-7(15)11(19)23-12(20)8(4)16/h21H. The quantitative estimate of drug-likeness (QED) is 0.519. The molecule has 0 radical (unpaired) electrons. The minimum absolute atomic E-state index is 1.09. The zero-order chi connectivity index (χ0) is 17.5. The number of pyridine rings is 2. The highest BCUT2D eigenvalue weighted by Gasteiger charge is 2.31. The largest absolute Gasteiger partial charge is 0.258 e. The average Bonchev–Trinajstić information content (AvgIpc) is 2.49. The minimum Gasteiger partial charge on any atom is -0.258 e. The Hall–Kier alpha value is -2.81. The number of hydrogen-bond acceptors (Lipinski definition) is 3. The Morgan fingerprint density at radius 1 is 0.609 bits per heavy atom. The molecule has 120 valence electrons. The second kappa shape index (κ2) is 5.76. The van der Waals surface area contributed by atoms with Crippen LogP contribution in [0, 0.1) is 52.5 Å². The Morgan fingerprint density at radius 3 is 1.09 bits per heavy atom. The van der Waals surface area contributed by atoms with Crippen molar-refractivity contribution in [1.82, 2.24) is 9.97 Å². The Kier molecular flexibility index (Phi) is 4.15. The maximum atomic E-state index is 13.6. The summed E-state index contributed by atoms with van der Waals surface area (Å²) in [5, 5.41) is 6.82. The lowest BCUT2D eigenvalue weighted by Crippen LogP contribution is -2.11. The highest BCUT2D eigenvalue weighted by molar-refractivity contribution is 5.98. The molecule has 2 aromatic heterocycles. The van der Waals surface area contributed by atoms with Gasteiger partial charge in [0.2, 0.25) is 0 Å². The van der Waals surface area contributed by atoms with Gasteiger partial charge in [-0.25, -0.2) is 17.6 Å². The first kappa shape index (κ1) is 16.6. The molecule has 0 amide bonds. The van der Waals surface area contributed by atoms with Gasteiger partial charge in [0.15, 0.2) is 23.3 Å². The first-order valence-corrected chi connectivity index (χ1v) is 5.41. The second-order valence-electron chi connectivity index (χ2n) is 3.89. The first-order valence-electron chi connectivity index (χ1n) is 5.41. The molecule has 3 nitrogen and oxygen atoms in total. The van der Waals surface area contributed by atoms with Crippen molar-refractivity contribution >= 4 is 11.4 Å². The van der Waals surface area contributed by atoms with E-state index in [1.54, 1.807) is 0 Å². The Bertz CT molecular complexity index is 756. The molecule has 2 rings (SSSR count). The molecule has 0 atom stereocenters. The van der Waals surface area contributed by atoms with Gasteiger partial charge in [-0.2, -0.15) is 27.5 Å². The van der Waals surface area contributed by atoms with Gasteiger partial charge in [0.1, 0.15) is 0 Å². The SMILES string of the molecule is N=C=C(c1c(F)c(F)nc(F)c1F)c1c(F)c(F)nc(F)c1F. The van der Waals surface area contributed by atoms with Gasteiger partial charge in [-0.1, -0.05) is 0 Å². The van der Waals surface area contributed by atoms with Crippen LogP contribution in [0.5, 0.6) is 0 Å². The van der Waals surface area contributed by atoms with Gasteiger partial charge < -0.3 is 0 Å². The maximum absolute atomic E-state index is 13.6. The molecule has 1 N–H and O–H groups in total. The van der Waals surface area contributed by atoms with E-state index in [4.69, 9.17) is 5.41 Å². The topological polar surface area (TPSA) is 49.6 Å². The molecular weight excluding hydrogens is 338 g/mol. The molecule has 11 heteroatoms. The lowest BCUT2D eigenvalue weighted by molar-refractivity contribution is 0.398. The molecule has 23 heavy (non-hydrogen) atoms. The number of nitrogens with zero attached hydrogens (tertiary/aromatic N) is 2.